The fourth-order valence-electron chi connectivity index (χ4n) is 2.42. The molecule has 19 heavy (non-hydrogen) atoms. The maximum atomic E-state index is 12.5. The lowest BCUT2D eigenvalue weighted by atomic mass is 9.84. The Morgan fingerprint density at radius 1 is 1.00 bits per heavy atom. The van der Waals surface area contributed by atoms with Gasteiger partial charge in [-0.2, -0.15) is 0 Å². The molecule has 106 valence electrons. The van der Waals surface area contributed by atoms with E-state index in [9.17, 15) is 14.4 Å². The highest BCUT2D eigenvalue weighted by molar-refractivity contribution is 7.80. The number of amides is 3. The van der Waals surface area contributed by atoms with Gasteiger partial charge < -0.3 is 22.1 Å². The van der Waals surface area contributed by atoms with Crippen LogP contribution >= 0.6 is 12.2 Å². The van der Waals surface area contributed by atoms with E-state index in [1.807, 2.05) is 0 Å². The molecule has 0 unspecified atom stereocenters. The topological polar surface area (TPSA) is 133 Å². The normalized spacial score (nSPS) is 16.8. The first kappa shape index (κ1) is 15.4. The van der Waals surface area contributed by atoms with Crippen molar-refractivity contribution in [2.45, 2.75) is 25.7 Å². The molecule has 0 bridgehead atoms. The van der Waals surface area contributed by atoms with E-state index in [0.717, 1.165) is 17.7 Å². The SMILES string of the molecule is NC(=O)CN(CC(N)=O)C(=O)C1(C(N)=S)CCCC1. The van der Waals surface area contributed by atoms with E-state index in [1.54, 1.807) is 0 Å². The first-order chi connectivity index (χ1) is 8.79. The maximum absolute atomic E-state index is 12.5. The molecule has 8 heteroatoms. The molecule has 0 atom stereocenters. The summed E-state index contributed by atoms with van der Waals surface area (Å²) in [5.74, 6) is -1.87. The molecule has 0 aliphatic heterocycles. The van der Waals surface area contributed by atoms with Gasteiger partial charge in [0, 0.05) is 0 Å². The van der Waals surface area contributed by atoms with Gasteiger partial charge >= 0.3 is 0 Å². The van der Waals surface area contributed by atoms with E-state index in [0.29, 0.717) is 12.8 Å². The van der Waals surface area contributed by atoms with E-state index >= 15 is 0 Å². The van der Waals surface area contributed by atoms with E-state index in [1.165, 1.54) is 0 Å². The molecule has 0 aromatic heterocycles. The van der Waals surface area contributed by atoms with Crippen LogP contribution in [0, 0.1) is 5.41 Å². The van der Waals surface area contributed by atoms with Gasteiger partial charge in [-0.15, -0.1) is 0 Å². The summed E-state index contributed by atoms with van der Waals surface area (Å²) >= 11 is 4.99. The zero-order valence-corrected chi connectivity index (χ0v) is 11.4. The number of primary amides is 2. The Labute approximate surface area is 116 Å². The Hall–Kier alpha value is -1.70. The molecule has 1 rings (SSSR count). The van der Waals surface area contributed by atoms with Crippen LogP contribution in [0.2, 0.25) is 0 Å². The van der Waals surface area contributed by atoms with Crippen molar-refractivity contribution in [3.05, 3.63) is 0 Å². The van der Waals surface area contributed by atoms with Gasteiger partial charge in [-0.3, -0.25) is 14.4 Å². The van der Waals surface area contributed by atoms with Crippen LogP contribution in [0.25, 0.3) is 0 Å². The Balaban J connectivity index is 2.99. The zero-order chi connectivity index (χ0) is 14.6. The molecular weight excluding hydrogens is 268 g/mol. The first-order valence-corrected chi connectivity index (χ1v) is 6.36. The summed E-state index contributed by atoms with van der Waals surface area (Å²) in [6.07, 6.45) is 2.69. The van der Waals surface area contributed by atoms with Crippen LogP contribution in [0.3, 0.4) is 0 Å². The minimum Gasteiger partial charge on any atom is -0.392 e. The largest absolute Gasteiger partial charge is 0.392 e. The smallest absolute Gasteiger partial charge is 0.237 e. The predicted octanol–water partition coefficient (Wildman–Crippen LogP) is -1.37. The highest BCUT2D eigenvalue weighted by Crippen LogP contribution is 2.40. The lowest BCUT2D eigenvalue weighted by Crippen LogP contribution is -2.53. The number of carbonyl (C=O) groups excluding carboxylic acids is 3. The summed E-state index contributed by atoms with van der Waals surface area (Å²) in [7, 11) is 0. The van der Waals surface area contributed by atoms with Crippen LogP contribution in [0.4, 0.5) is 0 Å². The Morgan fingerprint density at radius 2 is 1.42 bits per heavy atom. The molecule has 0 heterocycles. The molecular formula is C11H18N4O3S. The van der Waals surface area contributed by atoms with Crippen LogP contribution in [-0.4, -0.2) is 40.7 Å². The number of carbonyl (C=O) groups is 3. The lowest BCUT2D eigenvalue weighted by Gasteiger charge is -2.32. The minimum atomic E-state index is -0.972. The Kier molecular flexibility index (Phi) is 4.82. The van der Waals surface area contributed by atoms with Gasteiger partial charge in [-0.1, -0.05) is 25.1 Å². The highest BCUT2D eigenvalue weighted by atomic mass is 32.1. The second-order valence-corrected chi connectivity index (χ2v) is 5.19. The monoisotopic (exact) mass is 286 g/mol. The van der Waals surface area contributed by atoms with Crippen LogP contribution in [0.15, 0.2) is 0 Å². The van der Waals surface area contributed by atoms with E-state index in [-0.39, 0.29) is 18.1 Å². The number of thiocarbonyl (C=S) groups is 1. The molecule has 0 spiro atoms. The van der Waals surface area contributed by atoms with Gasteiger partial charge in [0.2, 0.25) is 17.7 Å². The summed E-state index contributed by atoms with van der Waals surface area (Å²) in [5, 5.41) is 0. The molecule has 1 fully saturated rings. The second kappa shape index (κ2) is 5.96. The third-order valence-electron chi connectivity index (χ3n) is 3.32. The molecule has 6 N–H and O–H groups in total. The second-order valence-electron chi connectivity index (χ2n) is 4.75. The van der Waals surface area contributed by atoms with Gasteiger partial charge in [0.25, 0.3) is 0 Å². The molecule has 0 aromatic rings. The molecule has 1 saturated carbocycles. The quantitative estimate of drug-likeness (QED) is 0.518. The molecule has 0 aromatic carbocycles. The average molecular weight is 286 g/mol. The van der Waals surface area contributed by atoms with Crippen molar-refractivity contribution < 1.29 is 14.4 Å². The Bertz CT molecular complexity index is 402. The lowest BCUT2D eigenvalue weighted by molar-refractivity contribution is -0.143. The van der Waals surface area contributed by atoms with Crippen molar-refractivity contribution in [3.63, 3.8) is 0 Å². The van der Waals surface area contributed by atoms with Crippen molar-refractivity contribution in [1.29, 1.82) is 0 Å². The van der Waals surface area contributed by atoms with Crippen LogP contribution < -0.4 is 17.2 Å². The number of rotatable bonds is 6. The van der Waals surface area contributed by atoms with Gasteiger partial charge in [0.15, 0.2) is 0 Å². The number of hydrogen-bond acceptors (Lipinski definition) is 4. The number of nitrogens with two attached hydrogens (primary N) is 3. The molecule has 0 saturated heterocycles. The summed E-state index contributed by atoms with van der Waals surface area (Å²) in [6, 6.07) is 0. The van der Waals surface area contributed by atoms with Crippen LogP contribution in [0.5, 0.6) is 0 Å². The highest BCUT2D eigenvalue weighted by Gasteiger charge is 2.46. The fourth-order valence-corrected chi connectivity index (χ4v) is 2.71. The standard InChI is InChI=1S/C11H18N4O3S/c12-7(16)5-15(6-8(13)17)10(18)11(9(14)19)3-1-2-4-11/h1-6H2,(H2,12,16)(H2,13,17)(H2,14,19). The van der Waals surface area contributed by atoms with Crippen LogP contribution in [-0.2, 0) is 14.4 Å². The van der Waals surface area contributed by atoms with Gasteiger partial charge in [-0.25, -0.2) is 0 Å². The van der Waals surface area contributed by atoms with Crippen molar-refractivity contribution in [2.75, 3.05) is 13.1 Å². The minimum absolute atomic E-state index is 0.0916. The predicted molar refractivity (Wildman–Crippen MR) is 72.7 cm³/mol. The van der Waals surface area contributed by atoms with Crippen molar-refractivity contribution in [2.24, 2.45) is 22.6 Å². The summed E-state index contributed by atoms with van der Waals surface area (Å²) < 4.78 is 0. The molecule has 0 radical (unpaired) electrons. The van der Waals surface area contributed by atoms with Crippen molar-refractivity contribution in [3.8, 4) is 0 Å². The summed E-state index contributed by atoms with van der Waals surface area (Å²) in [4.78, 5) is 35.6. The molecule has 1 aliphatic rings. The molecule has 1 aliphatic carbocycles. The summed E-state index contributed by atoms with van der Waals surface area (Å²) in [5.41, 5.74) is 14.9. The van der Waals surface area contributed by atoms with E-state index in [2.05, 4.69) is 0 Å². The molecule has 3 amide bonds. The third kappa shape index (κ3) is 3.40. The summed E-state index contributed by atoms with van der Waals surface area (Å²) in [6.45, 7) is -0.738. The van der Waals surface area contributed by atoms with Crippen LogP contribution in [0.1, 0.15) is 25.7 Å². The zero-order valence-electron chi connectivity index (χ0n) is 10.6. The third-order valence-corrected chi connectivity index (χ3v) is 3.71. The van der Waals surface area contributed by atoms with Gasteiger partial charge in [0.05, 0.1) is 23.5 Å². The fraction of sp³-hybridized carbons (Fsp3) is 0.636. The average Bonchev–Trinajstić information content (AvgIpc) is 2.76. The van der Waals surface area contributed by atoms with Gasteiger partial charge in [-0.05, 0) is 12.8 Å². The van der Waals surface area contributed by atoms with Crippen molar-refractivity contribution >= 4 is 34.9 Å². The maximum Gasteiger partial charge on any atom is 0.237 e. The van der Waals surface area contributed by atoms with E-state index < -0.39 is 23.1 Å². The van der Waals surface area contributed by atoms with Gasteiger partial charge in [0.1, 0.15) is 0 Å². The van der Waals surface area contributed by atoms with E-state index in [4.69, 9.17) is 29.4 Å². The number of hydrogen-bond donors (Lipinski definition) is 3. The number of nitrogens with zero attached hydrogens (tertiary/aromatic N) is 1. The van der Waals surface area contributed by atoms with Crippen molar-refractivity contribution in [1.82, 2.24) is 4.90 Å². The Morgan fingerprint density at radius 3 is 1.74 bits per heavy atom. The first-order valence-electron chi connectivity index (χ1n) is 5.95. The molecule has 7 nitrogen and oxygen atoms in total.